The fourth-order valence-electron chi connectivity index (χ4n) is 5.12. The molecule has 0 bridgehead atoms. The standard InChI is InChI=1S/C26H29FN2O3S/c27-25-19(8-13-30)5-3-6-21(25)15-28-11-9-26(10-12-28)17-29(18-31)16-22(32-26)24-14-20-4-1-2-7-23(20)33-24/h1-7,14,18,22,30H,8-13,15-17H2. The van der Waals surface area contributed by atoms with Crippen molar-refractivity contribution in [2.45, 2.75) is 37.5 Å². The van der Waals surface area contributed by atoms with E-state index in [2.05, 4.69) is 23.1 Å². The number of hydrogen-bond acceptors (Lipinski definition) is 5. The van der Waals surface area contributed by atoms with Crippen molar-refractivity contribution in [1.29, 1.82) is 0 Å². The number of carbonyl (C=O) groups excluding carboxylic acids is 1. The molecule has 7 heteroatoms. The van der Waals surface area contributed by atoms with Gasteiger partial charge in [-0.05, 0) is 42.3 Å². The van der Waals surface area contributed by atoms with Crippen LogP contribution in [0.5, 0.6) is 0 Å². The monoisotopic (exact) mass is 468 g/mol. The molecule has 1 spiro atoms. The van der Waals surface area contributed by atoms with Crippen molar-refractivity contribution in [3.8, 4) is 0 Å². The first-order chi connectivity index (χ1) is 16.1. The van der Waals surface area contributed by atoms with Gasteiger partial charge in [-0.15, -0.1) is 11.3 Å². The van der Waals surface area contributed by atoms with Gasteiger partial charge in [0.2, 0.25) is 6.41 Å². The lowest BCUT2D eigenvalue weighted by Crippen LogP contribution is -2.57. The third-order valence-corrected chi connectivity index (χ3v) is 8.10. The molecular weight excluding hydrogens is 439 g/mol. The van der Waals surface area contributed by atoms with Crippen LogP contribution >= 0.6 is 11.3 Å². The molecule has 33 heavy (non-hydrogen) atoms. The van der Waals surface area contributed by atoms with Gasteiger partial charge in [0.25, 0.3) is 0 Å². The van der Waals surface area contributed by atoms with E-state index >= 15 is 0 Å². The highest BCUT2D eigenvalue weighted by Gasteiger charge is 2.43. The lowest BCUT2D eigenvalue weighted by Gasteiger charge is -2.49. The third-order valence-electron chi connectivity index (χ3n) is 6.90. The number of fused-ring (bicyclic) bond motifs is 1. The number of rotatable bonds is 6. The molecule has 5 nitrogen and oxygen atoms in total. The minimum absolute atomic E-state index is 0.0574. The fraction of sp³-hybridized carbons (Fsp3) is 0.423. The van der Waals surface area contributed by atoms with Crippen molar-refractivity contribution >= 4 is 27.8 Å². The zero-order valence-electron chi connectivity index (χ0n) is 18.6. The maximum Gasteiger partial charge on any atom is 0.209 e. The maximum atomic E-state index is 14.8. The molecule has 2 aliphatic heterocycles. The van der Waals surface area contributed by atoms with E-state index in [4.69, 9.17) is 9.84 Å². The first kappa shape index (κ1) is 22.5. The van der Waals surface area contributed by atoms with Crippen molar-refractivity contribution in [1.82, 2.24) is 9.80 Å². The predicted octanol–water partition coefficient (Wildman–Crippen LogP) is 4.14. The molecule has 2 aliphatic rings. The molecule has 0 saturated carbocycles. The number of aliphatic hydroxyl groups excluding tert-OH is 1. The summed E-state index contributed by atoms with van der Waals surface area (Å²) in [5.41, 5.74) is 0.861. The number of thiophene rings is 1. The first-order valence-electron chi connectivity index (χ1n) is 11.5. The van der Waals surface area contributed by atoms with Crippen LogP contribution in [0.25, 0.3) is 10.1 Å². The Bertz CT molecular complexity index is 1090. The topological polar surface area (TPSA) is 53.0 Å². The molecule has 174 valence electrons. The van der Waals surface area contributed by atoms with Gasteiger partial charge >= 0.3 is 0 Å². The van der Waals surface area contributed by atoms with Gasteiger partial charge in [0.05, 0.1) is 12.1 Å². The SMILES string of the molecule is O=CN1CC(c2cc3ccccc3s2)OC2(CCN(Cc3cccc(CCO)c3F)CC2)C1. The number of piperidine rings is 1. The van der Waals surface area contributed by atoms with Crippen molar-refractivity contribution in [2.24, 2.45) is 0 Å². The highest BCUT2D eigenvalue weighted by atomic mass is 32.1. The van der Waals surface area contributed by atoms with Crippen LogP contribution in [0.4, 0.5) is 4.39 Å². The van der Waals surface area contributed by atoms with Gasteiger partial charge in [-0.1, -0.05) is 36.4 Å². The molecule has 2 saturated heterocycles. The van der Waals surface area contributed by atoms with Crippen LogP contribution in [-0.2, 0) is 22.5 Å². The molecule has 0 radical (unpaired) electrons. The first-order valence-corrected chi connectivity index (χ1v) is 12.4. The molecule has 1 aromatic heterocycles. The van der Waals surface area contributed by atoms with E-state index < -0.39 is 0 Å². The van der Waals surface area contributed by atoms with Crippen molar-refractivity contribution < 1.29 is 19.0 Å². The molecule has 1 unspecified atom stereocenters. The Labute approximate surface area is 197 Å². The molecule has 2 fully saturated rings. The van der Waals surface area contributed by atoms with Gasteiger partial charge in [-0.3, -0.25) is 9.69 Å². The van der Waals surface area contributed by atoms with Crippen LogP contribution in [-0.4, -0.2) is 59.7 Å². The zero-order valence-corrected chi connectivity index (χ0v) is 19.4. The largest absolute Gasteiger partial charge is 0.396 e. The minimum atomic E-state index is -0.367. The normalized spacial score (nSPS) is 21.0. The zero-order chi connectivity index (χ0) is 22.8. The van der Waals surface area contributed by atoms with E-state index in [1.807, 2.05) is 29.2 Å². The van der Waals surface area contributed by atoms with Crippen molar-refractivity contribution in [3.63, 3.8) is 0 Å². The van der Waals surface area contributed by atoms with E-state index in [-0.39, 0.29) is 24.1 Å². The quantitative estimate of drug-likeness (QED) is 0.553. The Morgan fingerprint density at radius 2 is 1.94 bits per heavy atom. The maximum absolute atomic E-state index is 14.8. The molecule has 5 rings (SSSR count). The van der Waals surface area contributed by atoms with Crippen LogP contribution in [0.1, 0.15) is 34.9 Å². The second kappa shape index (κ2) is 9.50. The van der Waals surface area contributed by atoms with Crippen LogP contribution in [0.3, 0.4) is 0 Å². The lowest BCUT2D eigenvalue weighted by atomic mass is 9.88. The molecular formula is C26H29FN2O3S. The second-order valence-electron chi connectivity index (χ2n) is 9.15. The molecule has 2 aromatic carbocycles. The fourth-order valence-corrected chi connectivity index (χ4v) is 6.20. The summed E-state index contributed by atoms with van der Waals surface area (Å²) in [6.07, 6.45) is 2.75. The van der Waals surface area contributed by atoms with Gasteiger partial charge in [0.15, 0.2) is 0 Å². The summed E-state index contributed by atoms with van der Waals surface area (Å²) in [5, 5.41) is 10.4. The Kier molecular flexibility index (Phi) is 6.47. The number of halogens is 1. The lowest BCUT2D eigenvalue weighted by molar-refractivity contribution is -0.179. The molecule has 0 aliphatic carbocycles. The van der Waals surface area contributed by atoms with E-state index in [1.54, 1.807) is 17.4 Å². The molecule has 1 atom stereocenters. The summed E-state index contributed by atoms with van der Waals surface area (Å²) in [5.74, 6) is -0.210. The summed E-state index contributed by atoms with van der Waals surface area (Å²) in [6, 6.07) is 15.9. The van der Waals surface area contributed by atoms with Crippen LogP contribution in [0, 0.1) is 5.82 Å². The van der Waals surface area contributed by atoms with Crippen molar-refractivity contribution in [2.75, 3.05) is 32.8 Å². The van der Waals surface area contributed by atoms with E-state index in [1.165, 1.54) is 10.1 Å². The molecule has 3 aromatic rings. The van der Waals surface area contributed by atoms with E-state index in [0.717, 1.165) is 37.2 Å². The number of benzene rings is 2. The number of nitrogens with zero attached hydrogens (tertiary/aromatic N) is 2. The Balaban J connectivity index is 1.29. The summed E-state index contributed by atoms with van der Waals surface area (Å²) in [4.78, 5) is 17.0. The number of aliphatic hydroxyl groups is 1. The number of hydrogen-bond donors (Lipinski definition) is 1. The smallest absolute Gasteiger partial charge is 0.209 e. The van der Waals surface area contributed by atoms with E-state index in [9.17, 15) is 9.18 Å². The molecule has 1 amide bonds. The molecule has 1 N–H and O–H groups in total. The average Bonchev–Trinajstić information content (AvgIpc) is 3.28. The third kappa shape index (κ3) is 4.68. The Morgan fingerprint density at radius 1 is 1.15 bits per heavy atom. The summed E-state index contributed by atoms with van der Waals surface area (Å²) >= 11 is 1.74. The van der Waals surface area contributed by atoms with Gasteiger partial charge < -0.3 is 14.7 Å². The number of likely N-dealkylation sites (tertiary alicyclic amines) is 1. The number of ether oxygens (including phenoxy) is 1. The van der Waals surface area contributed by atoms with Crippen LogP contribution in [0.15, 0.2) is 48.5 Å². The number of morpholine rings is 1. The molecule has 3 heterocycles. The summed E-state index contributed by atoms with van der Waals surface area (Å²) in [7, 11) is 0. The van der Waals surface area contributed by atoms with Gasteiger partial charge in [0, 0.05) is 47.9 Å². The minimum Gasteiger partial charge on any atom is -0.396 e. The Hall–Kier alpha value is -2.32. The predicted molar refractivity (Wildman–Crippen MR) is 128 cm³/mol. The average molecular weight is 469 g/mol. The van der Waals surface area contributed by atoms with Crippen LogP contribution in [0.2, 0.25) is 0 Å². The number of amides is 1. The van der Waals surface area contributed by atoms with Gasteiger partial charge in [0.1, 0.15) is 11.9 Å². The van der Waals surface area contributed by atoms with Crippen LogP contribution < -0.4 is 0 Å². The highest BCUT2D eigenvalue weighted by molar-refractivity contribution is 7.19. The van der Waals surface area contributed by atoms with Gasteiger partial charge in [-0.25, -0.2) is 4.39 Å². The van der Waals surface area contributed by atoms with Crippen molar-refractivity contribution in [3.05, 3.63) is 70.4 Å². The second-order valence-corrected chi connectivity index (χ2v) is 10.3. The highest BCUT2D eigenvalue weighted by Crippen LogP contribution is 2.41. The summed E-state index contributed by atoms with van der Waals surface area (Å²) < 4.78 is 22.7. The summed E-state index contributed by atoms with van der Waals surface area (Å²) in [6.45, 7) is 3.23. The van der Waals surface area contributed by atoms with E-state index in [0.29, 0.717) is 37.2 Å². The number of carbonyl (C=O) groups is 1. The Morgan fingerprint density at radius 3 is 2.70 bits per heavy atom. The van der Waals surface area contributed by atoms with Gasteiger partial charge in [-0.2, -0.15) is 0 Å².